The minimum absolute atomic E-state index is 0.456. The summed E-state index contributed by atoms with van der Waals surface area (Å²) in [7, 11) is 0. The minimum atomic E-state index is 0.456. The van der Waals surface area contributed by atoms with E-state index in [1.807, 2.05) is 43.5 Å². The van der Waals surface area contributed by atoms with E-state index in [0.29, 0.717) is 12.4 Å². The first-order chi connectivity index (χ1) is 13.2. The molecule has 0 aliphatic rings. The Hall–Kier alpha value is -3.15. The van der Waals surface area contributed by atoms with Gasteiger partial charge in [0.2, 0.25) is 5.89 Å². The van der Waals surface area contributed by atoms with Crippen LogP contribution in [0, 0.1) is 6.92 Å². The lowest BCUT2D eigenvalue weighted by atomic mass is 10.1. The zero-order chi connectivity index (χ0) is 18.9. The third-order valence-corrected chi connectivity index (χ3v) is 4.02. The predicted molar refractivity (Wildman–Crippen MR) is 107 cm³/mol. The van der Waals surface area contributed by atoms with Gasteiger partial charge in [-0.15, -0.1) is 0 Å². The quantitative estimate of drug-likeness (QED) is 0.497. The van der Waals surface area contributed by atoms with Crippen LogP contribution in [-0.4, -0.2) is 29.0 Å². The maximum Gasteiger partial charge on any atom is 0.226 e. The molecular formula is C21H25N5O. The summed E-state index contributed by atoms with van der Waals surface area (Å²) in [5, 5.41) is 6.59. The number of hydrogen-bond donors (Lipinski definition) is 2. The summed E-state index contributed by atoms with van der Waals surface area (Å²) in [4.78, 5) is 13.3. The lowest BCUT2D eigenvalue weighted by Gasteiger charge is -2.10. The van der Waals surface area contributed by atoms with Gasteiger partial charge >= 0.3 is 0 Å². The van der Waals surface area contributed by atoms with Gasteiger partial charge in [0, 0.05) is 31.0 Å². The number of aryl methyl sites for hydroxylation is 1. The van der Waals surface area contributed by atoms with Gasteiger partial charge in [0.25, 0.3) is 0 Å². The first-order valence-electron chi connectivity index (χ1n) is 9.17. The van der Waals surface area contributed by atoms with Gasteiger partial charge in [-0.2, -0.15) is 0 Å². The van der Waals surface area contributed by atoms with E-state index in [1.54, 1.807) is 12.5 Å². The molecular weight excluding hydrogens is 338 g/mol. The van der Waals surface area contributed by atoms with Gasteiger partial charge < -0.3 is 15.1 Å². The van der Waals surface area contributed by atoms with E-state index in [0.717, 1.165) is 36.7 Å². The molecule has 0 amide bonds. The monoisotopic (exact) mass is 363 g/mol. The van der Waals surface area contributed by atoms with E-state index in [-0.39, 0.29) is 0 Å². The van der Waals surface area contributed by atoms with Crippen molar-refractivity contribution in [3.05, 3.63) is 71.9 Å². The molecule has 2 heterocycles. The van der Waals surface area contributed by atoms with Crippen LogP contribution in [0.3, 0.4) is 0 Å². The fraction of sp³-hybridized carbons (Fsp3) is 0.286. The van der Waals surface area contributed by atoms with Crippen LogP contribution in [0.2, 0.25) is 0 Å². The SMILES string of the molecule is CCNC(=NCc1coc(-c2ccc(C)cc2)n1)NCCc1cccnc1. The fourth-order valence-corrected chi connectivity index (χ4v) is 2.58. The van der Waals surface area contributed by atoms with Crippen molar-refractivity contribution in [1.82, 2.24) is 20.6 Å². The van der Waals surface area contributed by atoms with E-state index >= 15 is 0 Å². The summed E-state index contributed by atoms with van der Waals surface area (Å²) < 4.78 is 5.59. The number of benzene rings is 1. The Bertz CT molecular complexity index is 856. The van der Waals surface area contributed by atoms with Crippen molar-refractivity contribution in [2.45, 2.75) is 26.8 Å². The maximum atomic E-state index is 5.59. The van der Waals surface area contributed by atoms with E-state index in [2.05, 4.69) is 38.6 Å². The fourth-order valence-electron chi connectivity index (χ4n) is 2.58. The second kappa shape index (κ2) is 9.52. The number of oxazole rings is 1. The second-order valence-corrected chi connectivity index (χ2v) is 6.24. The highest BCUT2D eigenvalue weighted by Gasteiger charge is 2.06. The molecule has 3 rings (SSSR count). The smallest absolute Gasteiger partial charge is 0.226 e. The normalized spacial score (nSPS) is 11.4. The van der Waals surface area contributed by atoms with Crippen molar-refractivity contribution in [2.75, 3.05) is 13.1 Å². The van der Waals surface area contributed by atoms with Crippen LogP contribution in [0.5, 0.6) is 0 Å². The number of aliphatic imine (C=N–C) groups is 1. The van der Waals surface area contributed by atoms with Crippen molar-refractivity contribution in [3.8, 4) is 11.5 Å². The molecule has 0 saturated heterocycles. The number of pyridine rings is 1. The summed E-state index contributed by atoms with van der Waals surface area (Å²) in [5.41, 5.74) is 4.18. The largest absolute Gasteiger partial charge is 0.444 e. The van der Waals surface area contributed by atoms with Crippen molar-refractivity contribution in [1.29, 1.82) is 0 Å². The van der Waals surface area contributed by atoms with Crippen LogP contribution < -0.4 is 10.6 Å². The average Bonchev–Trinajstić information content (AvgIpc) is 3.16. The highest BCUT2D eigenvalue weighted by atomic mass is 16.3. The van der Waals surface area contributed by atoms with E-state index in [9.17, 15) is 0 Å². The molecule has 0 saturated carbocycles. The third kappa shape index (κ3) is 5.67. The molecule has 0 bridgehead atoms. The Morgan fingerprint density at radius 3 is 2.74 bits per heavy atom. The van der Waals surface area contributed by atoms with Crippen LogP contribution in [0.4, 0.5) is 0 Å². The molecule has 0 radical (unpaired) electrons. The maximum absolute atomic E-state index is 5.59. The molecule has 140 valence electrons. The zero-order valence-electron chi connectivity index (χ0n) is 15.8. The number of aromatic nitrogens is 2. The van der Waals surface area contributed by atoms with E-state index in [4.69, 9.17) is 4.42 Å². The topological polar surface area (TPSA) is 75.3 Å². The molecule has 2 aromatic heterocycles. The van der Waals surface area contributed by atoms with Crippen molar-refractivity contribution in [3.63, 3.8) is 0 Å². The molecule has 0 aliphatic carbocycles. The Morgan fingerprint density at radius 1 is 1.15 bits per heavy atom. The Balaban J connectivity index is 1.57. The van der Waals surface area contributed by atoms with Gasteiger partial charge in [-0.3, -0.25) is 4.98 Å². The predicted octanol–water partition coefficient (Wildman–Crippen LogP) is 3.34. The van der Waals surface area contributed by atoms with Gasteiger partial charge in [0.05, 0.1) is 6.54 Å². The highest BCUT2D eigenvalue weighted by Crippen LogP contribution is 2.19. The Kier molecular flexibility index (Phi) is 6.57. The standard InChI is InChI=1S/C21H25N5O/c1-3-23-21(24-12-10-17-5-4-11-22-13-17)25-14-19-15-27-20(26-19)18-8-6-16(2)7-9-18/h4-9,11,13,15H,3,10,12,14H2,1-2H3,(H2,23,24,25). The molecule has 2 N–H and O–H groups in total. The Labute approximate surface area is 159 Å². The lowest BCUT2D eigenvalue weighted by molar-refractivity contribution is 0.572. The van der Waals surface area contributed by atoms with E-state index in [1.165, 1.54) is 11.1 Å². The number of nitrogens with zero attached hydrogens (tertiary/aromatic N) is 3. The van der Waals surface area contributed by atoms with Crippen molar-refractivity contribution >= 4 is 5.96 Å². The first-order valence-corrected chi connectivity index (χ1v) is 9.17. The van der Waals surface area contributed by atoms with Crippen molar-refractivity contribution in [2.24, 2.45) is 4.99 Å². The second-order valence-electron chi connectivity index (χ2n) is 6.24. The van der Waals surface area contributed by atoms with Gasteiger partial charge in [-0.05, 0) is 44.0 Å². The van der Waals surface area contributed by atoms with Gasteiger partial charge in [-0.1, -0.05) is 23.8 Å². The molecule has 0 unspecified atom stereocenters. The molecule has 3 aromatic rings. The number of hydrogen-bond acceptors (Lipinski definition) is 4. The zero-order valence-corrected chi connectivity index (χ0v) is 15.8. The van der Waals surface area contributed by atoms with Gasteiger partial charge in [-0.25, -0.2) is 9.98 Å². The van der Waals surface area contributed by atoms with Gasteiger partial charge in [0.1, 0.15) is 12.0 Å². The van der Waals surface area contributed by atoms with Crippen LogP contribution in [-0.2, 0) is 13.0 Å². The first kappa shape index (κ1) is 18.6. The number of nitrogens with one attached hydrogen (secondary N) is 2. The molecule has 0 fully saturated rings. The summed E-state index contributed by atoms with van der Waals surface area (Å²) in [5.74, 6) is 1.39. The molecule has 1 aromatic carbocycles. The molecule has 0 spiro atoms. The highest BCUT2D eigenvalue weighted by molar-refractivity contribution is 5.79. The molecule has 27 heavy (non-hydrogen) atoms. The van der Waals surface area contributed by atoms with E-state index < -0.39 is 0 Å². The number of rotatable bonds is 7. The summed E-state index contributed by atoms with van der Waals surface area (Å²) in [6, 6.07) is 12.1. The average molecular weight is 363 g/mol. The number of guanidine groups is 1. The van der Waals surface area contributed by atoms with Crippen LogP contribution >= 0.6 is 0 Å². The lowest BCUT2D eigenvalue weighted by Crippen LogP contribution is -2.38. The molecule has 6 heteroatoms. The summed E-state index contributed by atoms with van der Waals surface area (Å²) in [6.45, 7) is 6.14. The van der Waals surface area contributed by atoms with Crippen molar-refractivity contribution < 1.29 is 4.42 Å². The third-order valence-electron chi connectivity index (χ3n) is 4.02. The molecule has 0 aliphatic heterocycles. The van der Waals surface area contributed by atoms with Gasteiger partial charge in [0.15, 0.2) is 5.96 Å². The molecule has 0 atom stereocenters. The summed E-state index contributed by atoms with van der Waals surface area (Å²) in [6.07, 6.45) is 6.22. The van der Waals surface area contributed by atoms with Crippen LogP contribution in [0.15, 0.2) is 64.5 Å². The minimum Gasteiger partial charge on any atom is -0.444 e. The van der Waals surface area contributed by atoms with Crippen LogP contribution in [0.1, 0.15) is 23.7 Å². The summed E-state index contributed by atoms with van der Waals surface area (Å²) >= 11 is 0. The Morgan fingerprint density at radius 2 is 2.00 bits per heavy atom. The van der Waals surface area contributed by atoms with Crippen LogP contribution in [0.25, 0.3) is 11.5 Å². The molecule has 6 nitrogen and oxygen atoms in total.